The second kappa shape index (κ2) is 4.71. The molecule has 0 bridgehead atoms. The van der Waals surface area contributed by atoms with Gasteiger partial charge < -0.3 is 11.5 Å². The number of nitrogens with zero attached hydrogens (tertiary/aromatic N) is 2. The maximum absolute atomic E-state index is 5.62. The molecule has 4 nitrogen and oxygen atoms in total. The van der Waals surface area contributed by atoms with Crippen molar-refractivity contribution in [2.24, 2.45) is 0 Å². The third kappa shape index (κ3) is 2.65. The van der Waals surface area contributed by atoms with Crippen LogP contribution in [0.4, 0.5) is 11.5 Å². The molecular weight excluding hydrogens is 288 g/mol. The van der Waals surface area contributed by atoms with Crippen molar-refractivity contribution in [3.05, 3.63) is 34.9 Å². The van der Waals surface area contributed by atoms with Crippen molar-refractivity contribution in [1.82, 2.24) is 9.97 Å². The summed E-state index contributed by atoms with van der Waals surface area (Å²) >= 11 is 4.77. The molecule has 0 unspecified atom stereocenters. The van der Waals surface area contributed by atoms with Crippen LogP contribution in [0.15, 0.2) is 45.0 Å². The molecule has 2 heterocycles. The molecule has 2 aromatic heterocycles. The predicted octanol–water partition coefficient (Wildman–Crippen LogP) is 2.55. The van der Waals surface area contributed by atoms with Crippen LogP contribution in [0, 0.1) is 0 Å². The van der Waals surface area contributed by atoms with Gasteiger partial charge in [0.1, 0.15) is 15.9 Å². The van der Waals surface area contributed by atoms with Gasteiger partial charge in [0.15, 0.2) is 0 Å². The Balaban J connectivity index is 2.20. The number of aromatic nitrogens is 2. The van der Waals surface area contributed by atoms with E-state index >= 15 is 0 Å². The molecule has 4 N–H and O–H groups in total. The lowest BCUT2D eigenvalue weighted by Gasteiger charge is -2.03. The molecule has 0 saturated carbocycles. The summed E-state index contributed by atoms with van der Waals surface area (Å²) in [6, 6.07) is 7.39. The van der Waals surface area contributed by atoms with Gasteiger partial charge >= 0.3 is 0 Å². The zero-order valence-corrected chi connectivity index (χ0v) is 10.6. The Morgan fingerprint density at radius 1 is 1.06 bits per heavy atom. The minimum atomic E-state index is 0.349. The van der Waals surface area contributed by atoms with Crippen LogP contribution in [-0.2, 0) is 0 Å². The number of pyridine rings is 2. The first-order valence-corrected chi connectivity index (χ1v) is 6.07. The van der Waals surface area contributed by atoms with E-state index in [2.05, 4.69) is 25.9 Å². The molecule has 0 aliphatic rings. The average molecular weight is 297 g/mol. The quantitative estimate of drug-likeness (QED) is 0.890. The number of rotatable bonds is 2. The molecule has 2 rings (SSSR count). The molecule has 0 aliphatic carbocycles. The van der Waals surface area contributed by atoms with Crippen LogP contribution in [0.3, 0.4) is 0 Å². The fraction of sp³-hybridized carbons (Fsp3) is 0. The summed E-state index contributed by atoms with van der Waals surface area (Å²) in [7, 11) is 0. The highest BCUT2D eigenvalue weighted by molar-refractivity contribution is 9.10. The topological polar surface area (TPSA) is 77.8 Å². The van der Waals surface area contributed by atoms with Crippen LogP contribution in [0.5, 0.6) is 0 Å². The number of nitrogen functional groups attached to an aromatic ring is 2. The van der Waals surface area contributed by atoms with E-state index in [-0.39, 0.29) is 0 Å². The summed E-state index contributed by atoms with van der Waals surface area (Å²) in [5.41, 5.74) is 11.7. The predicted molar refractivity (Wildman–Crippen MR) is 69.1 cm³/mol. The average Bonchev–Trinajstić information content (AvgIpc) is 2.27. The van der Waals surface area contributed by atoms with Gasteiger partial charge in [-0.15, -0.1) is 0 Å². The van der Waals surface area contributed by atoms with Crippen LogP contribution in [0.25, 0.3) is 0 Å². The maximum Gasteiger partial charge on any atom is 0.147 e. The van der Waals surface area contributed by atoms with Crippen molar-refractivity contribution < 1.29 is 0 Å². The number of anilines is 2. The molecule has 0 aliphatic heterocycles. The van der Waals surface area contributed by atoms with Crippen molar-refractivity contribution in [1.29, 1.82) is 0 Å². The third-order valence-electron chi connectivity index (χ3n) is 1.84. The number of nitrogens with two attached hydrogens (primary N) is 2. The van der Waals surface area contributed by atoms with Crippen LogP contribution in [0.1, 0.15) is 0 Å². The summed E-state index contributed by atoms with van der Waals surface area (Å²) in [5, 5.41) is 1.64. The first kappa shape index (κ1) is 11.2. The monoisotopic (exact) mass is 296 g/mol. The molecule has 0 saturated heterocycles. The van der Waals surface area contributed by atoms with Gasteiger partial charge in [0, 0.05) is 10.7 Å². The van der Waals surface area contributed by atoms with Crippen molar-refractivity contribution in [3.63, 3.8) is 0 Å². The van der Waals surface area contributed by atoms with Crippen molar-refractivity contribution >= 4 is 39.2 Å². The Bertz CT molecular complexity index is 501. The summed E-state index contributed by atoms with van der Waals surface area (Å²) in [6.07, 6.45) is 1.74. The van der Waals surface area contributed by atoms with E-state index < -0.39 is 0 Å². The summed E-state index contributed by atoms with van der Waals surface area (Å²) in [4.78, 5) is 8.38. The maximum atomic E-state index is 5.62. The standard InChI is InChI=1S/C10H9BrN4S/c11-6-1-3-8(14-5-6)16-9-4-2-7(12)10(13)15-9/h1-5H,12H2,(H2,13,15). The Hall–Kier alpha value is -1.27. The Labute approximate surface area is 106 Å². The van der Waals surface area contributed by atoms with E-state index in [0.29, 0.717) is 11.5 Å². The number of hydrogen-bond acceptors (Lipinski definition) is 5. The molecule has 6 heteroatoms. The van der Waals surface area contributed by atoms with Crippen molar-refractivity contribution in [2.45, 2.75) is 10.1 Å². The van der Waals surface area contributed by atoms with E-state index in [0.717, 1.165) is 14.5 Å². The Morgan fingerprint density at radius 3 is 2.44 bits per heavy atom. The van der Waals surface area contributed by atoms with Gasteiger partial charge in [0.25, 0.3) is 0 Å². The van der Waals surface area contributed by atoms with Gasteiger partial charge in [0.05, 0.1) is 5.69 Å². The van der Waals surface area contributed by atoms with Gasteiger partial charge in [-0.25, -0.2) is 9.97 Å². The van der Waals surface area contributed by atoms with E-state index in [4.69, 9.17) is 11.5 Å². The summed E-state index contributed by atoms with van der Waals surface area (Å²) in [5.74, 6) is 0.349. The van der Waals surface area contributed by atoms with Crippen LogP contribution < -0.4 is 11.5 Å². The molecule has 0 amide bonds. The minimum Gasteiger partial charge on any atom is -0.396 e. The van der Waals surface area contributed by atoms with Gasteiger partial charge in [-0.05, 0) is 40.2 Å². The Kier molecular flexibility index (Phi) is 3.31. The van der Waals surface area contributed by atoms with Crippen molar-refractivity contribution in [3.8, 4) is 0 Å². The van der Waals surface area contributed by atoms with Crippen LogP contribution in [-0.4, -0.2) is 9.97 Å². The van der Waals surface area contributed by atoms with Crippen LogP contribution in [0.2, 0.25) is 0 Å². The van der Waals surface area contributed by atoms with Gasteiger partial charge in [0.2, 0.25) is 0 Å². The number of halogens is 1. The second-order valence-corrected chi connectivity index (χ2v) is 5.00. The summed E-state index contributed by atoms with van der Waals surface area (Å²) < 4.78 is 0.946. The zero-order chi connectivity index (χ0) is 11.5. The number of hydrogen-bond donors (Lipinski definition) is 2. The SMILES string of the molecule is Nc1ccc(Sc2ccc(Br)cn2)nc1N. The second-order valence-electron chi connectivity index (χ2n) is 3.04. The lowest BCUT2D eigenvalue weighted by Crippen LogP contribution is -1.97. The van der Waals surface area contributed by atoms with E-state index in [1.54, 1.807) is 12.3 Å². The molecule has 0 atom stereocenters. The highest BCUT2D eigenvalue weighted by Crippen LogP contribution is 2.27. The highest BCUT2D eigenvalue weighted by Gasteiger charge is 2.02. The van der Waals surface area contributed by atoms with E-state index in [9.17, 15) is 0 Å². The molecule has 0 fully saturated rings. The molecule has 0 aromatic carbocycles. The smallest absolute Gasteiger partial charge is 0.147 e. The molecule has 2 aromatic rings. The van der Waals surface area contributed by atoms with Gasteiger partial charge in [-0.1, -0.05) is 11.8 Å². The molecule has 0 spiro atoms. The van der Waals surface area contributed by atoms with Gasteiger partial charge in [-0.3, -0.25) is 0 Å². The van der Waals surface area contributed by atoms with Crippen LogP contribution >= 0.6 is 27.7 Å². The molecular formula is C10H9BrN4S. The normalized spacial score (nSPS) is 10.3. The van der Waals surface area contributed by atoms with E-state index in [1.165, 1.54) is 11.8 Å². The largest absolute Gasteiger partial charge is 0.396 e. The lowest BCUT2D eigenvalue weighted by molar-refractivity contribution is 1.09. The molecule has 0 radical (unpaired) electrons. The minimum absolute atomic E-state index is 0.349. The highest BCUT2D eigenvalue weighted by atomic mass is 79.9. The van der Waals surface area contributed by atoms with Gasteiger partial charge in [-0.2, -0.15) is 0 Å². The van der Waals surface area contributed by atoms with Crippen molar-refractivity contribution in [2.75, 3.05) is 11.5 Å². The van der Waals surface area contributed by atoms with E-state index in [1.807, 2.05) is 18.2 Å². The Morgan fingerprint density at radius 2 is 1.81 bits per heavy atom. The zero-order valence-electron chi connectivity index (χ0n) is 8.22. The molecule has 16 heavy (non-hydrogen) atoms. The first-order chi connectivity index (χ1) is 7.65. The summed E-state index contributed by atoms with van der Waals surface area (Å²) in [6.45, 7) is 0. The fourth-order valence-electron chi connectivity index (χ4n) is 1.05. The third-order valence-corrected chi connectivity index (χ3v) is 3.20. The fourth-order valence-corrected chi connectivity index (χ4v) is 2.02. The first-order valence-electron chi connectivity index (χ1n) is 4.46. The molecule has 82 valence electrons. The lowest BCUT2D eigenvalue weighted by atomic mass is 10.4.